The van der Waals surface area contributed by atoms with Gasteiger partial charge in [-0.15, -0.1) is 0 Å². The quantitative estimate of drug-likeness (QED) is 0.816. The van der Waals surface area contributed by atoms with E-state index in [9.17, 15) is 9.90 Å². The maximum Gasteiger partial charge on any atom is 0.310 e. The molecule has 1 N–H and O–H groups in total. The van der Waals surface area contributed by atoms with E-state index >= 15 is 0 Å². The normalized spacial score (nSPS) is 39.7. The van der Waals surface area contributed by atoms with Crippen molar-refractivity contribution in [3.05, 3.63) is 0 Å². The molecule has 0 aromatic heterocycles. The number of hydrogen-bond donors (Lipinski definition) is 1. The van der Waals surface area contributed by atoms with Crippen molar-refractivity contribution in [1.82, 2.24) is 4.90 Å². The molecule has 0 aromatic rings. The van der Waals surface area contributed by atoms with Crippen molar-refractivity contribution < 1.29 is 14.6 Å². The smallest absolute Gasteiger partial charge is 0.310 e. The second-order valence-electron chi connectivity index (χ2n) is 6.62. The highest BCUT2D eigenvalue weighted by molar-refractivity contribution is 5.74. The highest BCUT2D eigenvalue weighted by Crippen LogP contribution is 2.44. The number of rotatable bonds is 2. The Morgan fingerprint density at radius 3 is 2.72 bits per heavy atom. The predicted octanol–water partition coefficient (Wildman–Crippen LogP) is 1.88. The van der Waals surface area contributed by atoms with E-state index in [2.05, 4.69) is 4.90 Å². The number of carboxylic acids is 1. The van der Waals surface area contributed by atoms with Crippen LogP contribution in [0.1, 0.15) is 45.4 Å². The first-order valence-electron chi connectivity index (χ1n) is 7.15. The summed E-state index contributed by atoms with van der Waals surface area (Å²) in [5, 5.41) is 9.30. The molecule has 102 valence electrons. The summed E-state index contributed by atoms with van der Waals surface area (Å²) in [5.74, 6) is -0.643. The number of hydrogen-bond acceptors (Lipinski definition) is 3. The van der Waals surface area contributed by atoms with Crippen molar-refractivity contribution in [2.45, 2.75) is 57.1 Å². The lowest BCUT2D eigenvalue weighted by molar-refractivity contribution is -0.151. The molecule has 0 amide bonds. The standard InChI is InChI=1S/C14H23NO3/c1-13(12(16)17)6-7-15(10-13)11-3-8-18-14(9-11)4-2-5-14/h11H,2-10H2,1H3,(H,16,17). The van der Waals surface area contributed by atoms with Gasteiger partial charge in [-0.1, -0.05) is 0 Å². The van der Waals surface area contributed by atoms with Gasteiger partial charge in [0.25, 0.3) is 0 Å². The summed E-state index contributed by atoms with van der Waals surface area (Å²) in [5.41, 5.74) is -0.379. The average Bonchev–Trinajstić information content (AvgIpc) is 2.72. The summed E-state index contributed by atoms with van der Waals surface area (Å²) in [6, 6.07) is 0.542. The third-order valence-electron chi connectivity index (χ3n) is 5.27. The zero-order valence-electron chi connectivity index (χ0n) is 11.2. The summed E-state index contributed by atoms with van der Waals surface area (Å²) in [6.07, 6.45) is 6.66. The van der Waals surface area contributed by atoms with E-state index in [-0.39, 0.29) is 5.60 Å². The third kappa shape index (κ3) is 1.95. The van der Waals surface area contributed by atoms with Crippen LogP contribution in [0.3, 0.4) is 0 Å². The van der Waals surface area contributed by atoms with E-state index in [4.69, 9.17) is 4.74 Å². The molecule has 3 aliphatic rings. The van der Waals surface area contributed by atoms with Crippen LogP contribution in [0.5, 0.6) is 0 Å². The molecular formula is C14H23NO3. The van der Waals surface area contributed by atoms with Gasteiger partial charge in [0.15, 0.2) is 0 Å². The van der Waals surface area contributed by atoms with E-state index in [0.29, 0.717) is 12.6 Å². The number of carbonyl (C=O) groups is 1. The van der Waals surface area contributed by atoms with Gasteiger partial charge in [-0.3, -0.25) is 9.69 Å². The molecule has 2 atom stereocenters. The number of likely N-dealkylation sites (tertiary alicyclic amines) is 1. The molecule has 0 radical (unpaired) electrons. The summed E-state index contributed by atoms with van der Waals surface area (Å²) in [7, 11) is 0. The van der Waals surface area contributed by atoms with E-state index in [1.165, 1.54) is 19.3 Å². The molecule has 2 heterocycles. The molecule has 2 aliphatic heterocycles. The van der Waals surface area contributed by atoms with Gasteiger partial charge in [0.05, 0.1) is 11.0 Å². The molecule has 2 unspecified atom stereocenters. The first-order chi connectivity index (χ1) is 8.53. The maximum atomic E-state index is 11.3. The van der Waals surface area contributed by atoms with Crippen molar-refractivity contribution in [1.29, 1.82) is 0 Å². The molecule has 0 aromatic carbocycles. The molecule has 1 aliphatic carbocycles. The molecule has 4 heteroatoms. The Balaban J connectivity index is 1.64. The minimum absolute atomic E-state index is 0.158. The maximum absolute atomic E-state index is 11.3. The van der Waals surface area contributed by atoms with Gasteiger partial charge in [0.1, 0.15) is 0 Å². The summed E-state index contributed by atoms with van der Waals surface area (Å²) < 4.78 is 5.95. The molecule has 2 saturated heterocycles. The highest BCUT2D eigenvalue weighted by Gasteiger charge is 2.47. The molecule has 3 rings (SSSR count). The van der Waals surface area contributed by atoms with Crippen LogP contribution in [0.4, 0.5) is 0 Å². The van der Waals surface area contributed by atoms with Gasteiger partial charge in [0, 0.05) is 19.2 Å². The lowest BCUT2D eigenvalue weighted by atomic mass is 9.73. The Morgan fingerprint density at radius 1 is 1.39 bits per heavy atom. The summed E-state index contributed by atoms with van der Waals surface area (Å²) >= 11 is 0. The fourth-order valence-electron chi connectivity index (χ4n) is 3.72. The van der Waals surface area contributed by atoms with Crippen molar-refractivity contribution >= 4 is 5.97 Å². The second-order valence-corrected chi connectivity index (χ2v) is 6.62. The van der Waals surface area contributed by atoms with Crippen LogP contribution in [0.15, 0.2) is 0 Å². The first-order valence-corrected chi connectivity index (χ1v) is 7.15. The lowest BCUT2D eigenvalue weighted by Gasteiger charge is -2.49. The van der Waals surface area contributed by atoms with E-state index in [1.807, 2.05) is 6.92 Å². The fraction of sp³-hybridized carbons (Fsp3) is 0.929. The largest absolute Gasteiger partial charge is 0.481 e. The van der Waals surface area contributed by atoms with Gasteiger partial charge in [-0.25, -0.2) is 0 Å². The van der Waals surface area contributed by atoms with E-state index in [0.717, 1.165) is 32.4 Å². The highest BCUT2D eigenvalue weighted by atomic mass is 16.5. The van der Waals surface area contributed by atoms with Gasteiger partial charge in [0.2, 0.25) is 0 Å². The molecular weight excluding hydrogens is 230 g/mol. The summed E-state index contributed by atoms with van der Waals surface area (Å²) in [4.78, 5) is 13.7. The Labute approximate surface area is 108 Å². The second kappa shape index (κ2) is 4.20. The van der Waals surface area contributed by atoms with E-state index in [1.54, 1.807) is 0 Å². The van der Waals surface area contributed by atoms with Crippen molar-refractivity contribution in [3.63, 3.8) is 0 Å². The Hall–Kier alpha value is -0.610. The zero-order valence-corrected chi connectivity index (χ0v) is 11.2. The monoisotopic (exact) mass is 253 g/mol. The van der Waals surface area contributed by atoms with Crippen molar-refractivity contribution in [3.8, 4) is 0 Å². The van der Waals surface area contributed by atoms with Gasteiger partial charge in [-0.2, -0.15) is 0 Å². The van der Waals surface area contributed by atoms with Crippen molar-refractivity contribution in [2.75, 3.05) is 19.7 Å². The van der Waals surface area contributed by atoms with Crippen LogP contribution in [0.2, 0.25) is 0 Å². The molecule has 1 spiro atoms. The SMILES string of the molecule is CC1(C(=O)O)CCN(C2CCOC3(CCC3)C2)C1. The van der Waals surface area contributed by atoms with Gasteiger partial charge in [-0.05, 0) is 52.0 Å². The number of ether oxygens (including phenoxy) is 1. The van der Waals surface area contributed by atoms with Crippen LogP contribution in [-0.4, -0.2) is 47.3 Å². The van der Waals surface area contributed by atoms with Crippen LogP contribution in [0, 0.1) is 5.41 Å². The van der Waals surface area contributed by atoms with E-state index < -0.39 is 11.4 Å². The number of nitrogens with zero attached hydrogens (tertiary/aromatic N) is 1. The predicted molar refractivity (Wildman–Crippen MR) is 67.5 cm³/mol. The van der Waals surface area contributed by atoms with Crippen LogP contribution >= 0.6 is 0 Å². The molecule has 1 saturated carbocycles. The molecule has 0 bridgehead atoms. The van der Waals surface area contributed by atoms with Crippen molar-refractivity contribution in [2.24, 2.45) is 5.41 Å². The lowest BCUT2D eigenvalue weighted by Crippen LogP contribution is -2.52. The molecule has 18 heavy (non-hydrogen) atoms. The van der Waals surface area contributed by atoms with Crippen LogP contribution < -0.4 is 0 Å². The minimum Gasteiger partial charge on any atom is -0.481 e. The van der Waals surface area contributed by atoms with Gasteiger partial charge < -0.3 is 9.84 Å². The zero-order chi connectivity index (χ0) is 12.8. The average molecular weight is 253 g/mol. The molecule has 3 fully saturated rings. The molecule has 4 nitrogen and oxygen atoms in total. The Bertz CT molecular complexity index is 353. The first kappa shape index (κ1) is 12.4. The Kier molecular flexibility index (Phi) is 2.90. The summed E-state index contributed by atoms with van der Waals surface area (Å²) in [6.45, 7) is 4.38. The topological polar surface area (TPSA) is 49.8 Å². The van der Waals surface area contributed by atoms with Crippen LogP contribution in [0.25, 0.3) is 0 Å². The number of carboxylic acid groups (broad SMARTS) is 1. The third-order valence-corrected chi connectivity index (χ3v) is 5.27. The fourth-order valence-corrected chi connectivity index (χ4v) is 3.72. The van der Waals surface area contributed by atoms with Gasteiger partial charge >= 0.3 is 5.97 Å². The number of aliphatic carboxylic acids is 1. The Morgan fingerprint density at radius 2 is 2.17 bits per heavy atom. The van der Waals surface area contributed by atoms with Crippen LogP contribution in [-0.2, 0) is 9.53 Å². The minimum atomic E-state index is -0.643.